The van der Waals surface area contributed by atoms with Gasteiger partial charge in [-0.25, -0.2) is 9.78 Å². The zero-order chi connectivity index (χ0) is 17.1. The summed E-state index contributed by atoms with van der Waals surface area (Å²) in [6, 6.07) is 12.2. The molecule has 1 aromatic heterocycles. The number of carbonyl (C=O) groups excluding carboxylic acids is 1. The van der Waals surface area contributed by atoms with Gasteiger partial charge in [-0.3, -0.25) is 0 Å². The molecule has 2 aromatic rings. The molecule has 1 aliphatic carbocycles. The maximum Gasteiger partial charge on any atom is 0.319 e. The van der Waals surface area contributed by atoms with Crippen LogP contribution in [-0.2, 0) is 6.42 Å². The summed E-state index contributed by atoms with van der Waals surface area (Å²) in [5.41, 5.74) is 3.31. The number of nitrogens with zero attached hydrogens (tertiary/aromatic N) is 2. The Balaban J connectivity index is 1.38. The number of anilines is 2. The van der Waals surface area contributed by atoms with Crippen LogP contribution >= 0.6 is 0 Å². The largest absolute Gasteiger partial charge is 0.357 e. The van der Waals surface area contributed by atoms with Crippen LogP contribution in [0, 0.1) is 0 Å². The summed E-state index contributed by atoms with van der Waals surface area (Å²) >= 11 is 0. The number of fused-ring (bicyclic) bond motifs is 1. The highest BCUT2D eigenvalue weighted by Crippen LogP contribution is 2.29. The molecule has 1 aromatic carbocycles. The number of nitrogens with one attached hydrogen (secondary N) is 2. The van der Waals surface area contributed by atoms with E-state index in [0.29, 0.717) is 0 Å². The van der Waals surface area contributed by atoms with Crippen LogP contribution in [0.3, 0.4) is 0 Å². The van der Waals surface area contributed by atoms with E-state index in [-0.39, 0.29) is 12.1 Å². The Morgan fingerprint density at radius 2 is 1.92 bits per heavy atom. The minimum Gasteiger partial charge on any atom is -0.357 e. The Bertz CT molecular complexity index is 738. The van der Waals surface area contributed by atoms with Gasteiger partial charge in [0.2, 0.25) is 0 Å². The molecule has 1 atom stereocenters. The van der Waals surface area contributed by atoms with Crippen LogP contribution < -0.4 is 15.5 Å². The minimum absolute atomic E-state index is 0.0850. The van der Waals surface area contributed by atoms with Crippen LogP contribution in [0.2, 0.25) is 0 Å². The number of benzene rings is 1. The van der Waals surface area contributed by atoms with Crippen molar-refractivity contribution in [2.75, 3.05) is 23.3 Å². The second-order valence-corrected chi connectivity index (χ2v) is 6.84. The molecule has 25 heavy (non-hydrogen) atoms. The molecule has 130 valence electrons. The topological polar surface area (TPSA) is 57.3 Å². The van der Waals surface area contributed by atoms with E-state index in [1.54, 1.807) is 6.20 Å². The van der Waals surface area contributed by atoms with Gasteiger partial charge in [-0.15, -0.1) is 0 Å². The van der Waals surface area contributed by atoms with Crippen molar-refractivity contribution in [1.82, 2.24) is 10.3 Å². The predicted molar refractivity (Wildman–Crippen MR) is 100.0 cm³/mol. The van der Waals surface area contributed by atoms with Crippen molar-refractivity contribution in [1.29, 1.82) is 0 Å². The molecule has 1 aliphatic heterocycles. The van der Waals surface area contributed by atoms with Gasteiger partial charge in [0.15, 0.2) is 0 Å². The van der Waals surface area contributed by atoms with Crippen molar-refractivity contribution in [3.05, 3.63) is 53.7 Å². The highest BCUT2D eigenvalue weighted by molar-refractivity contribution is 5.89. The Labute approximate surface area is 148 Å². The Kier molecular flexibility index (Phi) is 4.55. The quantitative estimate of drug-likeness (QED) is 0.894. The first-order valence-electron chi connectivity index (χ1n) is 9.16. The van der Waals surface area contributed by atoms with E-state index in [4.69, 9.17) is 0 Å². The second kappa shape index (κ2) is 7.13. The Morgan fingerprint density at radius 3 is 2.72 bits per heavy atom. The van der Waals surface area contributed by atoms with Crippen molar-refractivity contribution in [2.24, 2.45) is 0 Å². The molecule has 2 aliphatic rings. The fourth-order valence-corrected chi connectivity index (χ4v) is 3.82. The van der Waals surface area contributed by atoms with Crippen LogP contribution in [0.1, 0.15) is 42.9 Å². The number of hydrogen-bond donors (Lipinski definition) is 2. The van der Waals surface area contributed by atoms with Gasteiger partial charge in [-0.05, 0) is 55.4 Å². The van der Waals surface area contributed by atoms with Gasteiger partial charge in [0.05, 0.1) is 17.9 Å². The lowest BCUT2D eigenvalue weighted by atomic mass is 9.88. The molecule has 0 bridgehead atoms. The molecule has 5 heteroatoms. The molecule has 0 unspecified atom stereocenters. The molecule has 0 saturated carbocycles. The predicted octanol–water partition coefficient (Wildman–Crippen LogP) is 3.88. The van der Waals surface area contributed by atoms with Crippen molar-refractivity contribution in [3.63, 3.8) is 0 Å². The number of rotatable bonds is 3. The molecule has 1 fully saturated rings. The smallest absolute Gasteiger partial charge is 0.319 e. The molecule has 0 spiro atoms. The van der Waals surface area contributed by atoms with Gasteiger partial charge in [0.25, 0.3) is 0 Å². The van der Waals surface area contributed by atoms with E-state index in [2.05, 4.69) is 38.7 Å². The van der Waals surface area contributed by atoms with Crippen LogP contribution in [0.25, 0.3) is 0 Å². The third-order valence-corrected chi connectivity index (χ3v) is 5.11. The summed E-state index contributed by atoms with van der Waals surface area (Å²) in [4.78, 5) is 19.1. The van der Waals surface area contributed by atoms with Gasteiger partial charge in [0.1, 0.15) is 5.82 Å². The average Bonchev–Trinajstić information content (AvgIpc) is 3.17. The molecular weight excluding hydrogens is 312 g/mol. The van der Waals surface area contributed by atoms with Gasteiger partial charge in [-0.1, -0.05) is 24.3 Å². The highest BCUT2D eigenvalue weighted by Gasteiger charge is 2.21. The van der Waals surface area contributed by atoms with E-state index < -0.39 is 0 Å². The lowest BCUT2D eigenvalue weighted by Crippen LogP contribution is -2.34. The Morgan fingerprint density at radius 1 is 1.08 bits per heavy atom. The van der Waals surface area contributed by atoms with Crippen molar-refractivity contribution in [2.45, 2.75) is 38.1 Å². The van der Waals surface area contributed by atoms with E-state index in [1.807, 2.05) is 18.2 Å². The third-order valence-electron chi connectivity index (χ3n) is 5.11. The number of aromatic nitrogens is 1. The number of urea groups is 1. The highest BCUT2D eigenvalue weighted by atomic mass is 16.2. The standard InChI is InChI=1S/C20H24N4O/c25-20(23-18-9-5-7-15-6-1-2-8-17(15)18)22-16-10-11-19(21-14-16)24-12-3-4-13-24/h1-2,6,8,10-11,14,18H,3-5,7,9,12-13H2,(H2,22,23,25)/t18-/m0/s1. The maximum absolute atomic E-state index is 12.4. The van der Waals surface area contributed by atoms with Gasteiger partial charge in [-0.2, -0.15) is 0 Å². The summed E-state index contributed by atoms with van der Waals surface area (Å²) in [5, 5.41) is 6.01. The molecule has 1 saturated heterocycles. The summed E-state index contributed by atoms with van der Waals surface area (Å²) < 4.78 is 0. The van der Waals surface area contributed by atoms with Gasteiger partial charge in [0, 0.05) is 13.1 Å². The van der Waals surface area contributed by atoms with E-state index in [9.17, 15) is 4.79 Å². The van der Waals surface area contributed by atoms with Crippen molar-refractivity contribution in [3.8, 4) is 0 Å². The van der Waals surface area contributed by atoms with Crippen LogP contribution in [0.15, 0.2) is 42.6 Å². The van der Waals surface area contributed by atoms with Crippen LogP contribution in [0.5, 0.6) is 0 Å². The number of amides is 2. The monoisotopic (exact) mass is 336 g/mol. The minimum atomic E-state index is -0.169. The summed E-state index contributed by atoms with van der Waals surface area (Å²) in [5.74, 6) is 0.990. The molecule has 2 heterocycles. The number of pyridine rings is 1. The summed E-state index contributed by atoms with van der Waals surface area (Å²) in [6.45, 7) is 2.14. The molecule has 2 N–H and O–H groups in total. The fourth-order valence-electron chi connectivity index (χ4n) is 3.82. The Hall–Kier alpha value is -2.56. The van der Waals surface area contributed by atoms with Crippen LogP contribution in [0.4, 0.5) is 16.3 Å². The average molecular weight is 336 g/mol. The fraction of sp³-hybridized carbons (Fsp3) is 0.400. The number of carbonyl (C=O) groups is 1. The lowest BCUT2D eigenvalue weighted by molar-refractivity contribution is 0.247. The normalized spacial score (nSPS) is 19.4. The first-order chi connectivity index (χ1) is 12.3. The lowest BCUT2D eigenvalue weighted by Gasteiger charge is -2.26. The van der Waals surface area contributed by atoms with Gasteiger partial charge >= 0.3 is 6.03 Å². The molecular formula is C20H24N4O. The maximum atomic E-state index is 12.4. The molecule has 2 amide bonds. The SMILES string of the molecule is O=C(Nc1ccc(N2CCCC2)nc1)N[C@H]1CCCc2ccccc21. The van der Waals surface area contributed by atoms with E-state index >= 15 is 0 Å². The second-order valence-electron chi connectivity index (χ2n) is 6.84. The number of hydrogen-bond acceptors (Lipinski definition) is 3. The van der Waals surface area contributed by atoms with Crippen molar-refractivity contribution < 1.29 is 4.79 Å². The third kappa shape index (κ3) is 3.60. The van der Waals surface area contributed by atoms with E-state index in [0.717, 1.165) is 43.9 Å². The van der Waals surface area contributed by atoms with Crippen molar-refractivity contribution >= 4 is 17.5 Å². The summed E-state index contributed by atoms with van der Waals surface area (Å²) in [7, 11) is 0. The van der Waals surface area contributed by atoms with Crippen LogP contribution in [-0.4, -0.2) is 24.1 Å². The zero-order valence-electron chi connectivity index (χ0n) is 14.4. The summed E-state index contributed by atoms with van der Waals surface area (Å²) in [6.07, 6.45) is 7.38. The molecule has 0 radical (unpaired) electrons. The van der Waals surface area contributed by atoms with Gasteiger partial charge < -0.3 is 15.5 Å². The number of aryl methyl sites for hydroxylation is 1. The first-order valence-corrected chi connectivity index (χ1v) is 9.16. The zero-order valence-corrected chi connectivity index (χ0v) is 14.4. The molecule has 5 nitrogen and oxygen atoms in total. The first kappa shape index (κ1) is 15.9. The molecule has 4 rings (SSSR count). The van der Waals surface area contributed by atoms with E-state index in [1.165, 1.54) is 24.0 Å².